The normalized spacial score (nSPS) is 13.9. The minimum absolute atomic E-state index is 0.0698. The first kappa shape index (κ1) is 17.6. The van der Waals surface area contributed by atoms with Gasteiger partial charge in [-0.2, -0.15) is 0 Å². The van der Waals surface area contributed by atoms with Crippen LogP contribution in [0.4, 0.5) is 0 Å². The second-order valence-corrected chi connectivity index (χ2v) is 8.56. The maximum absolute atomic E-state index is 6.18. The van der Waals surface area contributed by atoms with Crippen LogP contribution in [-0.2, 0) is 27.7 Å². The molecule has 0 aliphatic carbocycles. The molecule has 0 aromatic carbocycles. The fourth-order valence-electron chi connectivity index (χ4n) is 1.43. The van der Waals surface area contributed by atoms with E-state index in [0.717, 1.165) is 25.7 Å². The van der Waals surface area contributed by atoms with Gasteiger partial charge in [-0.15, -0.1) is 0 Å². The van der Waals surface area contributed by atoms with Crippen LogP contribution >= 0.6 is 0 Å². The molecule has 0 aliphatic rings. The SMILES string of the molecule is CCC[O][Ti]([O]CCC)([O]CCC)[CH](N)CC. The molecule has 17 heavy (non-hydrogen) atoms. The first-order valence-electron chi connectivity index (χ1n) is 6.84. The van der Waals surface area contributed by atoms with Crippen molar-refractivity contribution in [2.75, 3.05) is 19.8 Å². The van der Waals surface area contributed by atoms with Crippen molar-refractivity contribution in [2.45, 2.75) is 57.7 Å². The molecule has 0 spiro atoms. The molecule has 0 amide bonds. The summed E-state index contributed by atoms with van der Waals surface area (Å²) in [7, 11) is 0. The van der Waals surface area contributed by atoms with Crippen LogP contribution in [0.25, 0.3) is 0 Å². The Morgan fingerprint density at radius 2 is 1.18 bits per heavy atom. The Labute approximate surface area is 111 Å². The molecule has 2 N–H and O–H groups in total. The fraction of sp³-hybridized carbons (Fsp3) is 1.00. The molecule has 0 aliphatic heterocycles. The van der Waals surface area contributed by atoms with Crippen molar-refractivity contribution in [3.8, 4) is 0 Å². The third-order valence-corrected chi connectivity index (χ3v) is 7.31. The molecule has 0 bridgehead atoms. The number of hydrogen-bond donors (Lipinski definition) is 1. The van der Waals surface area contributed by atoms with Crippen molar-refractivity contribution in [2.24, 2.45) is 5.73 Å². The van der Waals surface area contributed by atoms with Crippen molar-refractivity contribution in [1.82, 2.24) is 0 Å². The predicted octanol–water partition coefficient (Wildman–Crippen LogP) is 2.86. The van der Waals surface area contributed by atoms with E-state index in [-0.39, 0.29) is 4.35 Å². The quantitative estimate of drug-likeness (QED) is 0.592. The zero-order valence-corrected chi connectivity index (χ0v) is 13.4. The van der Waals surface area contributed by atoms with Gasteiger partial charge in [-0.25, -0.2) is 0 Å². The monoisotopic (exact) mass is 283 g/mol. The summed E-state index contributed by atoms with van der Waals surface area (Å²) in [5.74, 6) is 0. The van der Waals surface area contributed by atoms with Gasteiger partial charge in [0.25, 0.3) is 0 Å². The number of nitrogens with two attached hydrogens (primary N) is 1. The Morgan fingerprint density at radius 1 is 0.824 bits per heavy atom. The van der Waals surface area contributed by atoms with E-state index in [1.165, 1.54) is 0 Å². The van der Waals surface area contributed by atoms with Crippen LogP contribution in [0.5, 0.6) is 0 Å². The van der Waals surface area contributed by atoms with E-state index in [9.17, 15) is 0 Å². The Morgan fingerprint density at radius 3 is 1.41 bits per heavy atom. The van der Waals surface area contributed by atoms with Crippen LogP contribution in [0.1, 0.15) is 53.4 Å². The maximum atomic E-state index is 6.18. The van der Waals surface area contributed by atoms with Crippen LogP contribution in [-0.4, -0.2) is 24.2 Å². The number of hydrogen-bond acceptors (Lipinski definition) is 4. The van der Waals surface area contributed by atoms with Crippen molar-refractivity contribution < 1.29 is 27.7 Å². The van der Waals surface area contributed by atoms with Crippen LogP contribution in [0.2, 0.25) is 0 Å². The van der Waals surface area contributed by atoms with Gasteiger partial charge in [0.05, 0.1) is 0 Å². The standard InChI is InChI=1S/C3H8N.3C3H7O.Ti/c4*1-2-3-4;/h3H,2,4H2,1H3;3*2-3H2,1H3;/q;3*-1;+3. The van der Waals surface area contributed by atoms with Gasteiger partial charge in [0.1, 0.15) is 0 Å². The summed E-state index contributed by atoms with van der Waals surface area (Å²) in [6, 6.07) is 0. The van der Waals surface area contributed by atoms with Crippen molar-refractivity contribution in [3.05, 3.63) is 0 Å². The molecule has 0 heterocycles. The van der Waals surface area contributed by atoms with E-state index in [4.69, 9.17) is 15.7 Å². The summed E-state index contributed by atoms with van der Waals surface area (Å²) in [4.78, 5) is 0. The first-order valence-corrected chi connectivity index (χ1v) is 9.65. The predicted molar refractivity (Wildman–Crippen MR) is 67.0 cm³/mol. The van der Waals surface area contributed by atoms with Gasteiger partial charge in [-0.05, 0) is 0 Å². The Balaban J connectivity index is 4.63. The van der Waals surface area contributed by atoms with Crippen LogP contribution in [0, 0.1) is 0 Å². The fourth-order valence-corrected chi connectivity index (χ4v) is 5.89. The number of rotatable bonds is 11. The van der Waals surface area contributed by atoms with Crippen LogP contribution in [0.3, 0.4) is 0 Å². The van der Waals surface area contributed by atoms with E-state index >= 15 is 0 Å². The van der Waals surface area contributed by atoms with Crippen molar-refractivity contribution in [1.29, 1.82) is 0 Å². The molecular formula is C12H29NO3Ti. The van der Waals surface area contributed by atoms with E-state index in [0.29, 0.717) is 19.8 Å². The first-order chi connectivity index (χ1) is 8.16. The zero-order chi connectivity index (χ0) is 13.1. The van der Waals surface area contributed by atoms with Gasteiger partial charge in [-0.1, -0.05) is 0 Å². The van der Waals surface area contributed by atoms with Crippen LogP contribution < -0.4 is 5.73 Å². The summed E-state index contributed by atoms with van der Waals surface area (Å²) in [5, 5.41) is 0. The minimum atomic E-state index is -3.25. The van der Waals surface area contributed by atoms with Gasteiger partial charge in [0.15, 0.2) is 0 Å². The van der Waals surface area contributed by atoms with Gasteiger partial charge >= 0.3 is 111 Å². The van der Waals surface area contributed by atoms with Gasteiger partial charge in [0.2, 0.25) is 0 Å². The van der Waals surface area contributed by atoms with E-state index in [2.05, 4.69) is 27.7 Å². The molecule has 0 saturated carbocycles. The molecule has 0 rings (SSSR count). The third kappa shape index (κ3) is 6.32. The van der Waals surface area contributed by atoms with Gasteiger partial charge < -0.3 is 0 Å². The van der Waals surface area contributed by atoms with Crippen molar-refractivity contribution in [3.63, 3.8) is 0 Å². The Kier molecular flexibility index (Phi) is 10.8. The molecule has 0 aromatic rings. The molecule has 104 valence electrons. The van der Waals surface area contributed by atoms with Crippen molar-refractivity contribution >= 4 is 0 Å². The summed E-state index contributed by atoms with van der Waals surface area (Å²) < 4.78 is 17.8. The van der Waals surface area contributed by atoms with E-state index in [1.54, 1.807) is 0 Å². The summed E-state index contributed by atoms with van der Waals surface area (Å²) in [6.07, 6.45) is 3.74. The van der Waals surface area contributed by atoms with E-state index in [1.807, 2.05) is 0 Å². The second-order valence-electron chi connectivity index (χ2n) is 4.16. The molecule has 1 unspecified atom stereocenters. The van der Waals surface area contributed by atoms with Gasteiger partial charge in [0, 0.05) is 0 Å². The molecule has 4 nitrogen and oxygen atoms in total. The molecule has 5 heteroatoms. The second kappa shape index (κ2) is 10.5. The Bertz CT molecular complexity index is 159. The van der Waals surface area contributed by atoms with E-state index < -0.39 is 17.8 Å². The molecule has 0 radical (unpaired) electrons. The molecule has 0 aromatic heterocycles. The van der Waals surface area contributed by atoms with Crippen LogP contribution in [0.15, 0.2) is 0 Å². The summed E-state index contributed by atoms with van der Waals surface area (Å²) >= 11 is -3.25. The Hall–Kier alpha value is 0.554. The average molecular weight is 283 g/mol. The zero-order valence-electron chi connectivity index (χ0n) is 11.8. The average Bonchev–Trinajstić information content (AvgIpc) is 2.37. The molecule has 0 fully saturated rings. The summed E-state index contributed by atoms with van der Waals surface area (Å²) in [5.41, 5.74) is 6.18. The molecule has 1 atom stereocenters. The topological polar surface area (TPSA) is 53.7 Å². The van der Waals surface area contributed by atoms with Gasteiger partial charge in [-0.3, -0.25) is 0 Å². The summed E-state index contributed by atoms with van der Waals surface area (Å²) in [6.45, 7) is 10.4. The third-order valence-electron chi connectivity index (χ3n) is 2.42. The molecular weight excluding hydrogens is 254 g/mol. The molecule has 0 saturated heterocycles.